The van der Waals surface area contributed by atoms with Gasteiger partial charge in [-0.3, -0.25) is 4.79 Å². The van der Waals surface area contributed by atoms with Gasteiger partial charge in [-0.1, -0.05) is 12.2 Å². The minimum Gasteiger partial charge on any atom is -0.469 e. The van der Waals surface area contributed by atoms with Gasteiger partial charge >= 0.3 is 5.97 Å². The first-order valence-electron chi connectivity index (χ1n) is 3.33. The molecule has 0 aromatic carbocycles. The first-order chi connectivity index (χ1) is 4.81. The molecule has 2 heteroatoms. The molecule has 10 heavy (non-hydrogen) atoms. The number of carbonyl (C=O) groups is 1. The van der Waals surface area contributed by atoms with E-state index < -0.39 is 0 Å². The van der Waals surface area contributed by atoms with E-state index in [4.69, 9.17) is 0 Å². The van der Waals surface area contributed by atoms with Crippen molar-refractivity contribution >= 4 is 5.97 Å². The number of allylic oxidation sites excluding steroid dienone is 2. The lowest BCUT2D eigenvalue weighted by Crippen LogP contribution is -1.99. The molecule has 57 valence electrons. The monoisotopic (exact) mass is 141 g/mol. The van der Waals surface area contributed by atoms with Gasteiger partial charge in [0.2, 0.25) is 0 Å². The molecule has 0 atom stereocenters. The summed E-state index contributed by atoms with van der Waals surface area (Å²) in [6.07, 6.45) is 7.19. The molecule has 0 unspecified atom stereocenters. The van der Waals surface area contributed by atoms with Gasteiger partial charge < -0.3 is 4.74 Å². The van der Waals surface area contributed by atoms with E-state index in [1.165, 1.54) is 7.11 Å². The fraction of sp³-hybridized carbons (Fsp3) is 0.500. The summed E-state index contributed by atoms with van der Waals surface area (Å²) < 4.78 is 4.41. The predicted molar refractivity (Wildman–Crippen MR) is 40.4 cm³/mol. The largest absolute Gasteiger partial charge is 0.469 e. The molecule has 0 aliphatic carbocycles. The molecule has 0 bridgehead atoms. The van der Waals surface area contributed by atoms with E-state index in [1.807, 2.05) is 19.1 Å². The molecule has 2 nitrogen and oxygen atoms in total. The maximum Gasteiger partial charge on any atom is 0.309 e. The van der Waals surface area contributed by atoms with Crippen LogP contribution in [0.2, 0.25) is 0 Å². The van der Waals surface area contributed by atoms with Crippen molar-refractivity contribution in [2.24, 2.45) is 0 Å². The third-order valence-corrected chi connectivity index (χ3v) is 1.08. The minimum atomic E-state index is -0.246. The molecule has 0 saturated carbocycles. The Labute approximate surface area is 61.9 Å². The summed E-state index contributed by atoms with van der Waals surface area (Å²) in [5.74, 6) is -0.246. The molecular formula is C8H13O2. The van der Waals surface area contributed by atoms with Crippen molar-refractivity contribution in [1.29, 1.82) is 0 Å². The van der Waals surface area contributed by atoms with Crippen molar-refractivity contribution in [3.05, 3.63) is 18.6 Å². The predicted octanol–water partition coefficient (Wildman–Crippen LogP) is 1.72. The van der Waals surface area contributed by atoms with Crippen LogP contribution >= 0.6 is 0 Å². The maximum atomic E-state index is 10.5. The van der Waals surface area contributed by atoms with Gasteiger partial charge in [-0.2, -0.15) is 0 Å². The summed E-state index contributed by atoms with van der Waals surface area (Å²) in [6, 6.07) is 0. The lowest BCUT2D eigenvalue weighted by Gasteiger charge is -1.94. The number of methoxy groups -OCH3 is 1. The van der Waals surface area contributed by atoms with Crippen molar-refractivity contribution in [3.8, 4) is 0 Å². The summed E-state index contributed by atoms with van der Waals surface area (Å²) in [4.78, 5) is 10.5. The van der Waals surface area contributed by atoms with E-state index in [-0.39, 0.29) is 5.97 Å². The van der Waals surface area contributed by atoms with E-state index in [2.05, 4.69) is 4.74 Å². The zero-order valence-corrected chi connectivity index (χ0v) is 6.46. The van der Waals surface area contributed by atoms with Gasteiger partial charge in [0, 0.05) is 0 Å². The average Bonchev–Trinajstić information content (AvgIpc) is 1.98. The molecule has 0 aromatic rings. The molecule has 0 saturated heterocycles. The number of esters is 1. The summed E-state index contributed by atoms with van der Waals surface area (Å²) in [6.45, 7) is 1.96. The van der Waals surface area contributed by atoms with E-state index in [0.29, 0.717) is 0 Å². The zero-order chi connectivity index (χ0) is 7.82. The topological polar surface area (TPSA) is 26.3 Å². The van der Waals surface area contributed by atoms with Crippen LogP contribution in [-0.4, -0.2) is 13.1 Å². The number of rotatable bonds is 4. The first kappa shape index (κ1) is 9.21. The van der Waals surface area contributed by atoms with E-state index in [0.717, 1.165) is 12.8 Å². The molecular weight excluding hydrogens is 128 g/mol. The smallest absolute Gasteiger partial charge is 0.309 e. The lowest BCUT2D eigenvalue weighted by molar-refractivity contribution is -0.136. The molecule has 0 fully saturated rings. The lowest BCUT2D eigenvalue weighted by atomic mass is 10.2. The van der Waals surface area contributed by atoms with Crippen LogP contribution in [0.3, 0.4) is 0 Å². The van der Waals surface area contributed by atoms with Gasteiger partial charge in [-0.25, -0.2) is 0 Å². The molecule has 0 aliphatic heterocycles. The van der Waals surface area contributed by atoms with Crippen LogP contribution in [-0.2, 0) is 9.53 Å². The number of unbranched alkanes of at least 4 members (excludes halogenated alkanes) is 1. The van der Waals surface area contributed by atoms with Crippen LogP contribution < -0.4 is 0 Å². The summed E-state index contributed by atoms with van der Waals surface area (Å²) in [5, 5.41) is 0. The molecule has 0 aliphatic rings. The van der Waals surface area contributed by atoms with Crippen LogP contribution in [0.15, 0.2) is 12.2 Å². The Morgan fingerprint density at radius 1 is 1.50 bits per heavy atom. The number of hydrogen-bond acceptors (Lipinski definition) is 2. The highest BCUT2D eigenvalue weighted by molar-refractivity contribution is 5.78. The minimum absolute atomic E-state index is 0.246. The Kier molecular flexibility index (Phi) is 5.83. The van der Waals surface area contributed by atoms with Gasteiger partial charge in [0.15, 0.2) is 0 Å². The Balaban J connectivity index is 3.11. The fourth-order valence-electron chi connectivity index (χ4n) is 0.547. The van der Waals surface area contributed by atoms with Crippen molar-refractivity contribution in [3.63, 3.8) is 0 Å². The van der Waals surface area contributed by atoms with Crippen LogP contribution in [0.25, 0.3) is 0 Å². The van der Waals surface area contributed by atoms with E-state index in [1.54, 1.807) is 6.42 Å². The highest BCUT2D eigenvalue weighted by Crippen LogP contribution is 1.96. The molecule has 0 aromatic heterocycles. The van der Waals surface area contributed by atoms with Gasteiger partial charge in [0.05, 0.1) is 13.5 Å². The normalized spacial score (nSPS) is 10.2. The fourth-order valence-corrected chi connectivity index (χ4v) is 0.547. The quantitative estimate of drug-likeness (QED) is 0.338. The third kappa shape index (κ3) is 5.35. The molecule has 0 amide bonds. The first-order valence-corrected chi connectivity index (χ1v) is 3.33. The summed E-state index contributed by atoms with van der Waals surface area (Å²) >= 11 is 0. The van der Waals surface area contributed by atoms with Crippen molar-refractivity contribution in [2.75, 3.05) is 7.11 Å². The Hall–Kier alpha value is -0.790. The SMILES string of the molecule is C/C=C\CC[CH]C(=O)OC. The molecule has 0 spiro atoms. The second-order valence-corrected chi connectivity index (χ2v) is 1.87. The van der Waals surface area contributed by atoms with E-state index >= 15 is 0 Å². The van der Waals surface area contributed by atoms with E-state index in [9.17, 15) is 4.79 Å². The molecule has 0 heterocycles. The molecule has 1 radical (unpaired) electrons. The van der Waals surface area contributed by atoms with Gasteiger partial charge in [0.25, 0.3) is 0 Å². The highest BCUT2D eigenvalue weighted by atomic mass is 16.5. The zero-order valence-electron chi connectivity index (χ0n) is 6.46. The third-order valence-electron chi connectivity index (χ3n) is 1.08. The standard InChI is InChI=1S/C8H13O2/c1-3-4-5-6-7-8(9)10-2/h3-4,7H,5-6H2,1-2H3/b4-3-. The molecule has 0 rings (SSSR count). The van der Waals surface area contributed by atoms with Crippen LogP contribution in [0.1, 0.15) is 19.8 Å². The van der Waals surface area contributed by atoms with Crippen LogP contribution in [0.4, 0.5) is 0 Å². The number of ether oxygens (including phenoxy) is 1. The van der Waals surface area contributed by atoms with Crippen molar-refractivity contribution in [1.82, 2.24) is 0 Å². The maximum absolute atomic E-state index is 10.5. The van der Waals surface area contributed by atoms with Gasteiger partial charge in [-0.05, 0) is 19.8 Å². The van der Waals surface area contributed by atoms with Crippen LogP contribution in [0.5, 0.6) is 0 Å². The Morgan fingerprint density at radius 3 is 2.70 bits per heavy atom. The average molecular weight is 141 g/mol. The second-order valence-electron chi connectivity index (χ2n) is 1.87. The Bertz CT molecular complexity index is 116. The molecule has 0 N–H and O–H groups in total. The summed E-state index contributed by atoms with van der Waals surface area (Å²) in [7, 11) is 1.38. The number of carbonyl (C=O) groups excluding carboxylic acids is 1. The van der Waals surface area contributed by atoms with Crippen LogP contribution in [0, 0.1) is 6.42 Å². The number of hydrogen-bond donors (Lipinski definition) is 0. The van der Waals surface area contributed by atoms with Gasteiger partial charge in [0.1, 0.15) is 0 Å². The van der Waals surface area contributed by atoms with Crippen molar-refractivity contribution < 1.29 is 9.53 Å². The highest BCUT2D eigenvalue weighted by Gasteiger charge is 1.96. The van der Waals surface area contributed by atoms with Crippen molar-refractivity contribution in [2.45, 2.75) is 19.8 Å². The summed E-state index contributed by atoms with van der Waals surface area (Å²) in [5.41, 5.74) is 0. The second kappa shape index (κ2) is 6.33. The van der Waals surface area contributed by atoms with Gasteiger partial charge in [-0.15, -0.1) is 0 Å². The Morgan fingerprint density at radius 2 is 2.20 bits per heavy atom.